The number of aliphatic imine (C=N–C) groups is 1. The summed E-state index contributed by atoms with van der Waals surface area (Å²) in [4.78, 5) is 3.07. The summed E-state index contributed by atoms with van der Waals surface area (Å²) in [7, 11) is 0. The van der Waals surface area contributed by atoms with Crippen LogP contribution in [0.25, 0.3) is 11.1 Å². The van der Waals surface area contributed by atoms with Crippen molar-refractivity contribution >= 4 is 23.1 Å². The summed E-state index contributed by atoms with van der Waals surface area (Å²) in [5.74, 6) is -0.267. The number of unbranched alkanes of at least 4 members (excludes halogenated alkanes) is 1. The van der Waals surface area contributed by atoms with Crippen LogP contribution < -0.4 is 0 Å². The molecule has 3 aromatic carbocycles. The molecule has 1 nitrogen and oxygen atoms in total. The van der Waals surface area contributed by atoms with Crippen LogP contribution in [-0.2, 0) is 6.42 Å². The van der Waals surface area contributed by atoms with E-state index in [1.54, 1.807) is 5.16 Å². The lowest BCUT2D eigenvalue weighted by Gasteiger charge is -2.09. The fourth-order valence-electron chi connectivity index (χ4n) is 3.28. The number of thiocarbonyl (C=S) groups is 1. The van der Waals surface area contributed by atoms with E-state index in [4.69, 9.17) is 0 Å². The van der Waals surface area contributed by atoms with E-state index >= 15 is 0 Å². The van der Waals surface area contributed by atoms with Gasteiger partial charge in [0.05, 0.1) is 10.7 Å². The zero-order valence-corrected chi connectivity index (χ0v) is 18.3. The van der Waals surface area contributed by atoms with Crippen molar-refractivity contribution < 1.29 is 17.6 Å². The Morgan fingerprint density at radius 3 is 2.09 bits per heavy atom. The molecule has 3 rings (SSSR count). The average Bonchev–Trinajstić information content (AvgIpc) is 2.79. The first kappa shape index (κ1) is 23.4. The van der Waals surface area contributed by atoms with Crippen molar-refractivity contribution in [2.24, 2.45) is 4.99 Å². The largest absolute Gasteiger partial charge is 0.203 e. The minimum atomic E-state index is -1.63. The van der Waals surface area contributed by atoms with Crippen LogP contribution in [-0.4, -0.2) is 5.16 Å². The molecule has 0 unspecified atom stereocenters. The molecule has 0 aliphatic rings. The van der Waals surface area contributed by atoms with Gasteiger partial charge in [-0.1, -0.05) is 49.5 Å². The average molecular weight is 454 g/mol. The second-order valence-electron chi connectivity index (χ2n) is 7.26. The normalized spacial score (nSPS) is 10.3. The van der Waals surface area contributed by atoms with Crippen molar-refractivity contribution in [2.45, 2.75) is 33.1 Å². The number of benzene rings is 3. The molecule has 0 atom stereocenters. The molecule has 32 heavy (non-hydrogen) atoms. The lowest BCUT2D eigenvalue weighted by Crippen LogP contribution is -2.00. The topological polar surface area (TPSA) is 12.4 Å². The van der Waals surface area contributed by atoms with Crippen LogP contribution in [0.5, 0.6) is 0 Å². The molecule has 0 amide bonds. The van der Waals surface area contributed by atoms with Crippen LogP contribution in [0.1, 0.15) is 42.0 Å². The Kier molecular flexibility index (Phi) is 7.58. The monoisotopic (exact) mass is 453 g/mol. The zero-order valence-electron chi connectivity index (χ0n) is 17.5. The third kappa shape index (κ3) is 4.96. The van der Waals surface area contributed by atoms with E-state index in [9.17, 15) is 17.6 Å². The molecule has 0 saturated heterocycles. The van der Waals surface area contributed by atoms with Crippen LogP contribution >= 0.6 is 12.2 Å². The van der Waals surface area contributed by atoms with Gasteiger partial charge in [-0.2, -0.15) is 4.99 Å². The lowest BCUT2D eigenvalue weighted by atomic mass is 10.0. The van der Waals surface area contributed by atoms with E-state index in [2.05, 4.69) is 48.1 Å². The number of isothiocyanates is 1. The summed E-state index contributed by atoms with van der Waals surface area (Å²) in [6, 6.07) is 11.9. The van der Waals surface area contributed by atoms with Gasteiger partial charge in [0.15, 0.2) is 29.0 Å². The van der Waals surface area contributed by atoms with Crippen LogP contribution in [0.2, 0.25) is 0 Å². The summed E-state index contributed by atoms with van der Waals surface area (Å²) in [6.07, 6.45) is 3.29. The maximum Gasteiger partial charge on any atom is 0.189 e. The van der Waals surface area contributed by atoms with Crippen molar-refractivity contribution in [3.05, 3.63) is 88.0 Å². The van der Waals surface area contributed by atoms with Crippen molar-refractivity contribution in [3.63, 3.8) is 0 Å². The molecule has 3 aromatic rings. The fraction of sp³-hybridized carbons (Fsp3) is 0.192. The SMILES string of the molecule is CCCCc1ccc(C#Cc2ccc(-c3c(F)c(F)c(N=C=S)c(F)c3F)cc2)c(C)c1. The quantitative estimate of drug-likeness (QED) is 0.127. The summed E-state index contributed by atoms with van der Waals surface area (Å²) < 4.78 is 57.0. The molecule has 0 aliphatic heterocycles. The molecule has 0 aromatic heterocycles. The summed E-state index contributed by atoms with van der Waals surface area (Å²) >= 11 is 4.26. The van der Waals surface area contributed by atoms with Crippen molar-refractivity contribution in [1.29, 1.82) is 0 Å². The Morgan fingerprint density at radius 1 is 0.875 bits per heavy atom. The number of hydrogen-bond acceptors (Lipinski definition) is 2. The molecular formula is C26H19F4NS. The Bertz CT molecular complexity index is 1230. The fourth-order valence-corrected chi connectivity index (χ4v) is 3.37. The first-order chi connectivity index (χ1) is 15.4. The number of nitrogens with zero attached hydrogens (tertiary/aromatic N) is 1. The summed E-state index contributed by atoms with van der Waals surface area (Å²) in [6.45, 7) is 4.15. The van der Waals surface area contributed by atoms with Crippen LogP contribution in [0.15, 0.2) is 47.5 Å². The van der Waals surface area contributed by atoms with Gasteiger partial charge in [-0.25, -0.2) is 17.6 Å². The lowest BCUT2D eigenvalue weighted by molar-refractivity contribution is 0.462. The van der Waals surface area contributed by atoms with Gasteiger partial charge in [0.2, 0.25) is 0 Å². The Hall–Kier alpha value is -3.26. The minimum Gasteiger partial charge on any atom is -0.203 e. The molecule has 0 fully saturated rings. The number of aryl methyl sites for hydroxylation is 2. The molecule has 0 bridgehead atoms. The number of hydrogen-bond donors (Lipinski definition) is 0. The van der Waals surface area contributed by atoms with E-state index in [1.165, 1.54) is 29.8 Å². The van der Waals surface area contributed by atoms with E-state index in [1.807, 2.05) is 13.0 Å². The van der Waals surface area contributed by atoms with Gasteiger partial charge in [-0.3, -0.25) is 0 Å². The van der Waals surface area contributed by atoms with Gasteiger partial charge in [0.1, 0.15) is 0 Å². The van der Waals surface area contributed by atoms with E-state index in [0.29, 0.717) is 5.56 Å². The maximum absolute atomic E-state index is 14.4. The molecule has 6 heteroatoms. The van der Waals surface area contributed by atoms with Crippen LogP contribution in [0, 0.1) is 42.0 Å². The van der Waals surface area contributed by atoms with Gasteiger partial charge in [-0.15, -0.1) is 0 Å². The van der Waals surface area contributed by atoms with E-state index < -0.39 is 34.5 Å². The highest BCUT2D eigenvalue weighted by Gasteiger charge is 2.26. The predicted octanol–water partition coefficient (Wildman–Crippen LogP) is 7.70. The molecule has 0 N–H and O–H groups in total. The Morgan fingerprint density at radius 2 is 1.53 bits per heavy atom. The third-order valence-electron chi connectivity index (χ3n) is 5.02. The highest BCUT2D eigenvalue weighted by Crippen LogP contribution is 2.35. The summed E-state index contributed by atoms with van der Waals surface area (Å²) in [5, 5.41) is 1.71. The molecule has 0 spiro atoms. The smallest absolute Gasteiger partial charge is 0.189 e. The summed E-state index contributed by atoms with van der Waals surface area (Å²) in [5.41, 5.74) is 1.82. The number of halogens is 4. The highest BCUT2D eigenvalue weighted by molar-refractivity contribution is 7.78. The minimum absolute atomic E-state index is 0.0299. The maximum atomic E-state index is 14.4. The van der Waals surface area contributed by atoms with Crippen LogP contribution in [0.3, 0.4) is 0 Å². The van der Waals surface area contributed by atoms with Crippen molar-refractivity contribution in [2.75, 3.05) is 0 Å². The van der Waals surface area contributed by atoms with E-state index in [0.717, 1.165) is 30.4 Å². The first-order valence-corrected chi connectivity index (χ1v) is 10.4. The second kappa shape index (κ2) is 10.4. The molecule has 0 radical (unpaired) electrons. The number of rotatable bonds is 5. The molecular weight excluding hydrogens is 434 g/mol. The highest BCUT2D eigenvalue weighted by atomic mass is 32.1. The second-order valence-corrected chi connectivity index (χ2v) is 7.45. The van der Waals surface area contributed by atoms with Gasteiger partial charge in [0.25, 0.3) is 0 Å². The Balaban J connectivity index is 1.90. The van der Waals surface area contributed by atoms with Gasteiger partial charge in [0, 0.05) is 11.1 Å². The van der Waals surface area contributed by atoms with Crippen molar-refractivity contribution in [1.82, 2.24) is 0 Å². The zero-order chi connectivity index (χ0) is 23.3. The molecule has 162 valence electrons. The first-order valence-electron chi connectivity index (χ1n) is 10.0. The molecule has 0 saturated carbocycles. The van der Waals surface area contributed by atoms with Crippen LogP contribution in [0.4, 0.5) is 23.2 Å². The van der Waals surface area contributed by atoms with Crippen molar-refractivity contribution in [3.8, 4) is 23.0 Å². The van der Waals surface area contributed by atoms with E-state index in [-0.39, 0.29) is 5.56 Å². The third-order valence-corrected chi connectivity index (χ3v) is 5.11. The molecule has 0 heterocycles. The standard InChI is InChI=1S/C26H19F4NS/c1-3-4-5-18-9-11-19(16(2)14-18)10-6-17-7-12-20(13-8-17)21-22(27)24(29)26(31-15-32)25(30)23(21)28/h7-9,11-14H,3-5H2,1-2H3. The Labute approximate surface area is 189 Å². The molecule has 0 aliphatic carbocycles. The predicted molar refractivity (Wildman–Crippen MR) is 122 cm³/mol. The van der Waals surface area contributed by atoms with Gasteiger partial charge in [-0.05, 0) is 66.9 Å². The van der Waals surface area contributed by atoms with Gasteiger partial charge < -0.3 is 0 Å². The van der Waals surface area contributed by atoms with Gasteiger partial charge >= 0.3 is 0 Å².